The molecule has 0 radical (unpaired) electrons. The van der Waals surface area contributed by atoms with Crippen LogP contribution in [0.15, 0.2) is 60.8 Å². The summed E-state index contributed by atoms with van der Waals surface area (Å²) in [4.78, 5) is 38.2. The van der Waals surface area contributed by atoms with Crippen LogP contribution in [0.2, 0.25) is 0 Å². The Morgan fingerprint density at radius 3 is 0.941 bits per heavy atom. The van der Waals surface area contributed by atoms with E-state index in [-0.39, 0.29) is 31.1 Å². The summed E-state index contributed by atoms with van der Waals surface area (Å²) in [6, 6.07) is 0. The van der Waals surface area contributed by atoms with Crippen LogP contribution in [0, 0.1) is 0 Å². The maximum Gasteiger partial charge on any atom is 0.306 e. The molecule has 0 heterocycles. The average molecular weight is 952 g/mol. The van der Waals surface area contributed by atoms with Crippen molar-refractivity contribution in [3.63, 3.8) is 0 Å². The van der Waals surface area contributed by atoms with Gasteiger partial charge >= 0.3 is 17.9 Å². The van der Waals surface area contributed by atoms with Gasteiger partial charge in [0.1, 0.15) is 13.2 Å². The van der Waals surface area contributed by atoms with Crippen LogP contribution < -0.4 is 0 Å². The Morgan fingerprint density at radius 1 is 0.309 bits per heavy atom. The van der Waals surface area contributed by atoms with E-state index in [0.29, 0.717) is 19.3 Å². The summed E-state index contributed by atoms with van der Waals surface area (Å²) in [7, 11) is 0. The number of unbranched alkanes of at least 4 members (excludes halogenated alkanes) is 32. The smallest absolute Gasteiger partial charge is 0.306 e. The molecule has 0 rings (SSSR count). The first-order chi connectivity index (χ1) is 33.5. The van der Waals surface area contributed by atoms with Gasteiger partial charge in [-0.05, 0) is 77.0 Å². The van der Waals surface area contributed by atoms with Gasteiger partial charge in [-0.3, -0.25) is 14.4 Å². The van der Waals surface area contributed by atoms with Gasteiger partial charge in [-0.1, -0.05) is 261 Å². The lowest BCUT2D eigenvalue weighted by atomic mass is 10.0. The number of hydrogen-bond acceptors (Lipinski definition) is 6. The third-order valence-electron chi connectivity index (χ3n) is 12.8. The van der Waals surface area contributed by atoms with E-state index in [2.05, 4.69) is 81.5 Å². The summed E-state index contributed by atoms with van der Waals surface area (Å²) < 4.78 is 16.9. The Bertz CT molecular complexity index is 1230. The Labute approximate surface area is 421 Å². The number of ether oxygens (including phenoxy) is 3. The van der Waals surface area contributed by atoms with Crippen molar-refractivity contribution >= 4 is 17.9 Å². The minimum Gasteiger partial charge on any atom is -0.462 e. The SMILES string of the molecule is CC/C=C\C/C=C\C/C=C\CCCCCCCCCC(=O)OC(COC(=O)CCCCCCC/C=C\C/C=C\CCCC)COC(=O)CCCCCCCCCCCCCCCCCCCCC. The molecular weight excluding hydrogens is 841 g/mol. The van der Waals surface area contributed by atoms with Crippen LogP contribution in [0.3, 0.4) is 0 Å². The molecule has 0 bridgehead atoms. The summed E-state index contributed by atoms with van der Waals surface area (Å²) in [6.45, 7) is 6.50. The van der Waals surface area contributed by atoms with Crippen LogP contribution in [0.25, 0.3) is 0 Å². The van der Waals surface area contributed by atoms with Crippen LogP contribution in [0.1, 0.15) is 297 Å². The largest absolute Gasteiger partial charge is 0.462 e. The topological polar surface area (TPSA) is 78.9 Å². The zero-order valence-electron chi connectivity index (χ0n) is 45.1. The first kappa shape index (κ1) is 65.1. The zero-order chi connectivity index (χ0) is 49.3. The van der Waals surface area contributed by atoms with Crippen molar-refractivity contribution in [2.24, 2.45) is 0 Å². The second-order valence-electron chi connectivity index (χ2n) is 19.5. The number of carbonyl (C=O) groups is 3. The van der Waals surface area contributed by atoms with Crippen LogP contribution in [0.4, 0.5) is 0 Å². The highest BCUT2D eigenvalue weighted by molar-refractivity contribution is 5.71. The maximum absolute atomic E-state index is 12.9. The Morgan fingerprint density at radius 2 is 0.588 bits per heavy atom. The van der Waals surface area contributed by atoms with E-state index in [9.17, 15) is 14.4 Å². The van der Waals surface area contributed by atoms with Crippen molar-refractivity contribution in [1.82, 2.24) is 0 Å². The minimum atomic E-state index is -0.784. The highest BCUT2D eigenvalue weighted by Gasteiger charge is 2.19. The fourth-order valence-corrected chi connectivity index (χ4v) is 8.36. The standard InChI is InChI=1S/C62H110O6/c1-4-7-10-13-16-19-22-25-28-30-31-33-34-37-40-43-46-49-52-55-61(64)67-58-59(57-66-60(63)54-51-48-45-42-39-36-27-24-21-18-15-12-9-6-3)68-62(65)56-53-50-47-44-41-38-35-32-29-26-23-20-17-14-11-8-5-2/h8,11,15,17-18,20,24,26-27,29,59H,4-7,9-10,12-14,16,19,21-23,25,28,30-58H2,1-3H3/b11-8-,18-15-,20-17-,27-24-,29-26-. The molecule has 0 aromatic heterocycles. The van der Waals surface area contributed by atoms with Crippen molar-refractivity contribution in [3.8, 4) is 0 Å². The Hall–Kier alpha value is -2.89. The van der Waals surface area contributed by atoms with Crippen LogP contribution in [-0.2, 0) is 28.6 Å². The van der Waals surface area contributed by atoms with Crippen molar-refractivity contribution in [3.05, 3.63) is 60.8 Å². The molecule has 68 heavy (non-hydrogen) atoms. The van der Waals surface area contributed by atoms with E-state index < -0.39 is 6.10 Å². The number of rotatable bonds is 53. The Balaban J connectivity index is 4.36. The first-order valence-electron chi connectivity index (χ1n) is 29.3. The highest BCUT2D eigenvalue weighted by atomic mass is 16.6. The van der Waals surface area contributed by atoms with Crippen LogP contribution >= 0.6 is 0 Å². The number of hydrogen-bond donors (Lipinski definition) is 0. The van der Waals surface area contributed by atoms with Crippen LogP contribution in [0.5, 0.6) is 0 Å². The molecule has 0 saturated heterocycles. The van der Waals surface area contributed by atoms with Gasteiger partial charge < -0.3 is 14.2 Å². The van der Waals surface area contributed by atoms with Gasteiger partial charge in [-0.25, -0.2) is 0 Å². The number of carbonyl (C=O) groups excluding carboxylic acids is 3. The van der Waals surface area contributed by atoms with Crippen LogP contribution in [-0.4, -0.2) is 37.2 Å². The molecule has 0 fully saturated rings. The third-order valence-corrected chi connectivity index (χ3v) is 12.8. The molecule has 0 saturated carbocycles. The number of esters is 3. The minimum absolute atomic E-state index is 0.0803. The molecule has 0 aliphatic carbocycles. The lowest BCUT2D eigenvalue weighted by Gasteiger charge is -2.18. The predicted octanol–water partition coefficient (Wildman–Crippen LogP) is 19.6. The molecule has 0 N–H and O–H groups in total. The molecule has 0 aliphatic heterocycles. The van der Waals surface area contributed by atoms with Gasteiger partial charge in [-0.2, -0.15) is 0 Å². The Kier molecular flexibility index (Phi) is 54.3. The molecule has 6 nitrogen and oxygen atoms in total. The molecule has 6 heteroatoms. The summed E-state index contributed by atoms with van der Waals surface area (Å²) in [5, 5.41) is 0. The van der Waals surface area contributed by atoms with Gasteiger partial charge in [0.2, 0.25) is 0 Å². The van der Waals surface area contributed by atoms with Gasteiger partial charge in [-0.15, -0.1) is 0 Å². The van der Waals surface area contributed by atoms with Crippen molar-refractivity contribution in [1.29, 1.82) is 0 Å². The third kappa shape index (κ3) is 54.1. The molecule has 0 aromatic rings. The lowest BCUT2D eigenvalue weighted by Crippen LogP contribution is -2.30. The van der Waals surface area contributed by atoms with Crippen molar-refractivity contribution < 1.29 is 28.6 Å². The average Bonchev–Trinajstić information content (AvgIpc) is 3.34. The second kappa shape index (κ2) is 56.7. The molecule has 394 valence electrons. The molecular formula is C62H110O6. The highest BCUT2D eigenvalue weighted by Crippen LogP contribution is 2.16. The summed E-state index contributed by atoms with van der Waals surface area (Å²) in [5.41, 5.74) is 0. The maximum atomic E-state index is 12.9. The molecule has 0 spiro atoms. The van der Waals surface area contributed by atoms with Gasteiger partial charge in [0.25, 0.3) is 0 Å². The summed E-state index contributed by atoms with van der Waals surface area (Å²) in [6.07, 6.45) is 70.7. The summed E-state index contributed by atoms with van der Waals surface area (Å²) >= 11 is 0. The molecule has 0 aromatic carbocycles. The normalized spacial score (nSPS) is 12.5. The molecule has 0 amide bonds. The second-order valence-corrected chi connectivity index (χ2v) is 19.5. The molecule has 1 unspecified atom stereocenters. The molecule has 0 aliphatic rings. The zero-order valence-corrected chi connectivity index (χ0v) is 45.1. The fraction of sp³-hybridized carbons (Fsp3) is 0.790. The van der Waals surface area contributed by atoms with E-state index in [4.69, 9.17) is 14.2 Å². The van der Waals surface area contributed by atoms with E-state index in [1.807, 2.05) is 0 Å². The first-order valence-corrected chi connectivity index (χ1v) is 29.3. The lowest BCUT2D eigenvalue weighted by molar-refractivity contribution is -0.167. The van der Waals surface area contributed by atoms with E-state index in [1.165, 1.54) is 154 Å². The summed E-state index contributed by atoms with van der Waals surface area (Å²) in [5.74, 6) is -0.892. The van der Waals surface area contributed by atoms with Gasteiger partial charge in [0, 0.05) is 19.3 Å². The van der Waals surface area contributed by atoms with Crippen molar-refractivity contribution in [2.45, 2.75) is 303 Å². The van der Waals surface area contributed by atoms with E-state index in [1.54, 1.807) is 0 Å². The molecule has 1 atom stereocenters. The fourth-order valence-electron chi connectivity index (χ4n) is 8.36. The van der Waals surface area contributed by atoms with Gasteiger partial charge in [0.05, 0.1) is 0 Å². The number of allylic oxidation sites excluding steroid dienone is 10. The van der Waals surface area contributed by atoms with E-state index >= 15 is 0 Å². The van der Waals surface area contributed by atoms with E-state index in [0.717, 1.165) is 103 Å². The van der Waals surface area contributed by atoms with Crippen molar-refractivity contribution in [2.75, 3.05) is 13.2 Å². The quantitative estimate of drug-likeness (QED) is 0.0262. The monoisotopic (exact) mass is 951 g/mol. The van der Waals surface area contributed by atoms with Gasteiger partial charge in [0.15, 0.2) is 6.10 Å². The predicted molar refractivity (Wildman–Crippen MR) is 293 cm³/mol.